The quantitative estimate of drug-likeness (QED) is 0.751. The monoisotopic (exact) mass is 387 g/mol. The lowest BCUT2D eigenvalue weighted by atomic mass is 10.2. The van der Waals surface area contributed by atoms with Crippen LogP contribution in [0.1, 0.15) is 16.9 Å². The van der Waals surface area contributed by atoms with Gasteiger partial charge in [0.25, 0.3) is 5.91 Å². The highest BCUT2D eigenvalue weighted by atomic mass is 32.2. The van der Waals surface area contributed by atoms with Crippen LogP contribution in [0, 0.1) is 0 Å². The van der Waals surface area contributed by atoms with Crippen LogP contribution in [-0.4, -0.2) is 52.3 Å². The number of hydrogen-bond acceptors (Lipinski definition) is 7. The minimum Gasteiger partial charge on any atom is -0.469 e. The lowest BCUT2D eigenvalue weighted by Crippen LogP contribution is -2.32. The molecule has 0 aliphatic carbocycles. The molecule has 0 unspecified atom stereocenters. The zero-order valence-corrected chi connectivity index (χ0v) is 15.4. The summed E-state index contributed by atoms with van der Waals surface area (Å²) in [7, 11) is 2.77. The number of aliphatic imine (C=N–C) groups is 1. The van der Waals surface area contributed by atoms with Crippen molar-refractivity contribution in [2.24, 2.45) is 4.99 Å². The van der Waals surface area contributed by atoms with Crippen molar-refractivity contribution >= 4 is 46.2 Å². The van der Waals surface area contributed by atoms with Gasteiger partial charge in [-0.25, -0.2) is 9.98 Å². The Bertz CT molecular complexity index is 896. The third kappa shape index (κ3) is 3.85. The largest absolute Gasteiger partial charge is 0.469 e. The number of anilines is 1. The molecular weight excluding hydrogens is 370 g/mol. The van der Waals surface area contributed by atoms with E-state index >= 15 is 0 Å². The van der Waals surface area contributed by atoms with E-state index in [0.717, 1.165) is 11.8 Å². The molecule has 3 rings (SSSR count). The van der Waals surface area contributed by atoms with Crippen LogP contribution in [0.15, 0.2) is 41.7 Å². The van der Waals surface area contributed by atoms with Gasteiger partial charge in [-0.15, -0.1) is 0 Å². The van der Waals surface area contributed by atoms with Crippen molar-refractivity contribution in [3.63, 3.8) is 0 Å². The molecule has 140 valence electrons. The molecule has 1 fully saturated rings. The van der Waals surface area contributed by atoms with Crippen LogP contribution in [-0.2, 0) is 14.3 Å². The number of imidazole rings is 1. The van der Waals surface area contributed by atoms with Crippen molar-refractivity contribution in [3.8, 4) is 0 Å². The Morgan fingerprint density at radius 2 is 2.11 bits per heavy atom. The highest BCUT2D eigenvalue weighted by Crippen LogP contribution is 2.35. The summed E-state index contributed by atoms with van der Waals surface area (Å²) >= 11 is 1.13. The van der Waals surface area contributed by atoms with Crippen LogP contribution >= 0.6 is 11.8 Å². The number of amidine groups is 1. The van der Waals surface area contributed by atoms with Crippen molar-refractivity contribution in [2.45, 2.75) is 11.7 Å². The van der Waals surface area contributed by atoms with Gasteiger partial charge < -0.3 is 15.0 Å². The van der Waals surface area contributed by atoms with E-state index in [2.05, 4.69) is 25.0 Å². The van der Waals surface area contributed by atoms with Gasteiger partial charge in [0, 0.05) is 7.05 Å². The first kappa shape index (κ1) is 18.6. The first-order valence-electron chi connectivity index (χ1n) is 8.01. The van der Waals surface area contributed by atoms with Gasteiger partial charge >= 0.3 is 5.97 Å². The average Bonchev–Trinajstić information content (AvgIpc) is 3.26. The van der Waals surface area contributed by atoms with Crippen LogP contribution in [0.4, 0.5) is 11.5 Å². The number of esters is 1. The van der Waals surface area contributed by atoms with Crippen molar-refractivity contribution in [1.82, 2.24) is 15.3 Å². The van der Waals surface area contributed by atoms with Gasteiger partial charge in [0.05, 0.1) is 25.5 Å². The Hall–Kier alpha value is -3.14. The zero-order valence-electron chi connectivity index (χ0n) is 14.6. The number of nitrogens with one attached hydrogen (secondary N) is 2. The number of para-hydroxylation sites is 1. The summed E-state index contributed by atoms with van der Waals surface area (Å²) in [6.07, 6.45) is 1.27. The van der Waals surface area contributed by atoms with Crippen LogP contribution in [0.2, 0.25) is 0 Å². The third-order valence-electron chi connectivity index (χ3n) is 3.80. The number of aromatic nitrogens is 2. The number of carbonyl (C=O) groups is 3. The molecule has 1 saturated heterocycles. The second-order valence-corrected chi connectivity index (χ2v) is 6.64. The van der Waals surface area contributed by atoms with E-state index < -0.39 is 11.2 Å². The maximum absolute atomic E-state index is 12.9. The fourth-order valence-corrected chi connectivity index (χ4v) is 3.60. The van der Waals surface area contributed by atoms with Crippen LogP contribution in [0.5, 0.6) is 0 Å². The number of nitrogens with zero attached hydrogens (tertiary/aromatic N) is 3. The Morgan fingerprint density at radius 3 is 2.78 bits per heavy atom. The molecule has 0 radical (unpaired) electrons. The van der Waals surface area contributed by atoms with Gasteiger partial charge in [-0.1, -0.05) is 30.0 Å². The summed E-state index contributed by atoms with van der Waals surface area (Å²) < 4.78 is 4.67. The molecule has 1 aliphatic heterocycles. The molecule has 2 heterocycles. The number of ether oxygens (including phenoxy) is 1. The molecule has 1 aliphatic rings. The first-order valence-corrected chi connectivity index (χ1v) is 8.89. The Kier molecular flexibility index (Phi) is 5.55. The van der Waals surface area contributed by atoms with Crippen LogP contribution in [0.25, 0.3) is 0 Å². The number of carbonyl (C=O) groups excluding carboxylic acids is 3. The molecule has 0 saturated carbocycles. The van der Waals surface area contributed by atoms with Gasteiger partial charge in [0.15, 0.2) is 16.7 Å². The van der Waals surface area contributed by atoms with Gasteiger partial charge in [0.1, 0.15) is 5.25 Å². The normalized spacial score (nSPS) is 18.0. The molecule has 0 spiro atoms. The number of H-pyrrole nitrogens is 1. The summed E-state index contributed by atoms with van der Waals surface area (Å²) in [5.41, 5.74) is 0.792. The number of rotatable bonds is 5. The number of hydrogen-bond donors (Lipinski definition) is 2. The highest BCUT2D eigenvalue weighted by Gasteiger charge is 2.40. The minimum atomic E-state index is -0.668. The number of aromatic amines is 1. The van der Waals surface area contributed by atoms with E-state index in [9.17, 15) is 14.4 Å². The number of methoxy groups -OCH3 is 1. The summed E-state index contributed by atoms with van der Waals surface area (Å²) in [5, 5.41) is 2.16. The molecular formula is C17H17N5O4S. The number of amides is 2. The SMILES string of the molecule is CNC(=O)c1[nH]cnc1N=C1S[C@@H](CC(=O)OC)C(=O)N1c1ccccc1. The van der Waals surface area contributed by atoms with Gasteiger partial charge in [-0.2, -0.15) is 0 Å². The molecule has 2 amide bonds. The fraction of sp³-hybridized carbons (Fsp3) is 0.235. The fourth-order valence-electron chi connectivity index (χ4n) is 2.48. The van der Waals surface area contributed by atoms with Crippen LogP contribution in [0.3, 0.4) is 0 Å². The van der Waals surface area contributed by atoms with E-state index in [1.54, 1.807) is 24.3 Å². The van der Waals surface area contributed by atoms with Crippen molar-refractivity contribution in [3.05, 3.63) is 42.4 Å². The maximum Gasteiger partial charge on any atom is 0.307 e. The Labute approximate surface area is 159 Å². The minimum absolute atomic E-state index is 0.0782. The van der Waals surface area contributed by atoms with Crippen molar-refractivity contribution in [2.75, 3.05) is 19.1 Å². The second-order valence-electron chi connectivity index (χ2n) is 5.47. The summed E-state index contributed by atoms with van der Waals surface area (Å²) in [4.78, 5) is 49.1. The first-order chi connectivity index (χ1) is 13.0. The molecule has 9 nitrogen and oxygen atoms in total. The molecule has 2 aromatic rings. The summed E-state index contributed by atoms with van der Waals surface area (Å²) in [6.45, 7) is 0. The summed E-state index contributed by atoms with van der Waals surface area (Å²) in [5.74, 6) is -0.990. The smallest absolute Gasteiger partial charge is 0.307 e. The Morgan fingerprint density at radius 1 is 1.37 bits per heavy atom. The van der Waals surface area contributed by atoms with Gasteiger partial charge in [-0.3, -0.25) is 19.3 Å². The topological polar surface area (TPSA) is 117 Å². The van der Waals surface area contributed by atoms with E-state index in [-0.39, 0.29) is 29.7 Å². The lowest BCUT2D eigenvalue weighted by molar-refractivity contribution is -0.141. The predicted octanol–water partition coefficient (Wildman–Crippen LogP) is 1.47. The number of thioether (sulfide) groups is 1. The van der Waals surface area contributed by atoms with E-state index in [0.29, 0.717) is 10.9 Å². The van der Waals surface area contributed by atoms with E-state index in [1.807, 2.05) is 6.07 Å². The van der Waals surface area contributed by atoms with Crippen molar-refractivity contribution in [1.29, 1.82) is 0 Å². The van der Waals surface area contributed by atoms with E-state index in [4.69, 9.17) is 0 Å². The van der Waals surface area contributed by atoms with Gasteiger partial charge in [0.2, 0.25) is 5.91 Å². The van der Waals surface area contributed by atoms with E-state index in [1.165, 1.54) is 25.4 Å². The third-order valence-corrected chi connectivity index (χ3v) is 4.94. The molecule has 0 bridgehead atoms. The average molecular weight is 387 g/mol. The molecule has 1 aromatic carbocycles. The van der Waals surface area contributed by atoms with Gasteiger partial charge in [-0.05, 0) is 12.1 Å². The summed E-state index contributed by atoms with van der Waals surface area (Å²) in [6, 6.07) is 8.95. The standard InChI is InChI=1S/C17H17N5O4S/c1-18-15(24)13-14(20-9-19-13)21-17-22(10-6-4-3-5-7-10)16(25)11(27-17)8-12(23)26-2/h3-7,9,11H,8H2,1-2H3,(H,18,24)(H,19,20)/t11-/m0/s1. The molecule has 1 aromatic heterocycles. The predicted molar refractivity (Wildman–Crippen MR) is 101 cm³/mol. The molecule has 2 N–H and O–H groups in total. The Balaban J connectivity index is 2.00. The molecule has 1 atom stereocenters. The number of benzene rings is 1. The van der Waals surface area contributed by atoms with Crippen molar-refractivity contribution < 1.29 is 19.1 Å². The maximum atomic E-state index is 12.9. The second kappa shape index (κ2) is 8.04. The lowest BCUT2D eigenvalue weighted by Gasteiger charge is -2.16. The zero-order chi connectivity index (χ0) is 19.4. The highest BCUT2D eigenvalue weighted by molar-refractivity contribution is 8.16. The molecule has 10 heteroatoms. The van der Waals surface area contributed by atoms with Crippen LogP contribution < -0.4 is 10.2 Å². The molecule has 27 heavy (non-hydrogen) atoms.